The average Bonchev–Trinajstić information content (AvgIpc) is 2.60. The summed E-state index contributed by atoms with van der Waals surface area (Å²) in [5, 5.41) is 0. The molecule has 1 aromatic rings. The Labute approximate surface area is 148 Å². The van der Waals surface area contributed by atoms with Crippen molar-refractivity contribution in [3.63, 3.8) is 0 Å². The summed E-state index contributed by atoms with van der Waals surface area (Å²) in [6.45, 7) is 0.406. The third-order valence-electron chi connectivity index (χ3n) is 6.58. The molecule has 2 aliphatic carbocycles. The number of anilines is 1. The summed E-state index contributed by atoms with van der Waals surface area (Å²) in [5.41, 5.74) is 13.9. The van der Waals surface area contributed by atoms with Crippen molar-refractivity contribution in [1.29, 1.82) is 0 Å². The number of benzene rings is 1. The van der Waals surface area contributed by atoms with Crippen molar-refractivity contribution in [3.05, 3.63) is 29.8 Å². The molecular weight excluding hydrogens is 314 g/mol. The number of amides is 2. The van der Waals surface area contributed by atoms with Crippen LogP contribution in [0.2, 0.25) is 0 Å². The third kappa shape index (κ3) is 2.95. The molecule has 5 nitrogen and oxygen atoms in total. The highest BCUT2D eigenvalue weighted by Gasteiger charge is 2.43. The van der Waals surface area contributed by atoms with Gasteiger partial charge in [-0.3, -0.25) is 9.59 Å². The Balaban J connectivity index is 1.60. The van der Waals surface area contributed by atoms with Gasteiger partial charge in [0.1, 0.15) is 0 Å². The fraction of sp³-hybridized carbons (Fsp3) is 0.600. The van der Waals surface area contributed by atoms with E-state index >= 15 is 0 Å². The van der Waals surface area contributed by atoms with Crippen LogP contribution < -0.4 is 16.4 Å². The molecule has 0 spiro atoms. The Bertz CT molecular complexity index is 675. The standard InChI is InChI=1S/C20H27N3O2/c21-18-13-5-3-6-14(18)10-15(9-13)20(25)23-11-16(19(22)24)8-12-4-1-2-7-17(12)23/h1-2,4,7,13-16,18H,3,5-6,8-11,21H2,(H2,22,24). The van der Waals surface area contributed by atoms with Crippen LogP contribution in [0.3, 0.4) is 0 Å². The van der Waals surface area contributed by atoms with E-state index in [1.807, 2.05) is 29.2 Å². The molecule has 2 fully saturated rings. The van der Waals surface area contributed by atoms with Gasteiger partial charge in [-0.1, -0.05) is 24.6 Å². The van der Waals surface area contributed by atoms with E-state index in [9.17, 15) is 9.59 Å². The molecule has 0 saturated heterocycles. The lowest BCUT2D eigenvalue weighted by molar-refractivity contribution is -0.126. The van der Waals surface area contributed by atoms with Gasteiger partial charge in [0.2, 0.25) is 11.8 Å². The Morgan fingerprint density at radius 2 is 1.72 bits per heavy atom. The van der Waals surface area contributed by atoms with Gasteiger partial charge in [0.25, 0.3) is 0 Å². The molecule has 134 valence electrons. The van der Waals surface area contributed by atoms with Crippen molar-refractivity contribution in [2.45, 2.75) is 44.6 Å². The van der Waals surface area contributed by atoms with Gasteiger partial charge in [0.05, 0.1) is 5.92 Å². The second-order valence-electron chi connectivity index (χ2n) is 8.08. The molecule has 2 saturated carbocycles. The van der Waals surface area contributed by atoms with Crippen molar-refractivity contribution in [2.75, 3.05) is 11.4 Å². The van der Waals surface area contributed by atoms with Crippen molar-refractivity contribution in [3.8, 4) is 0 Å². The number of primary amides is 1. The van der Waals surface area contributed by atoms with Crippen LogP contribution in [0.15, 0.2) is 24.3 Å². The molecule has 0 aromatic heterocycles. The Kier molecular flexibility index (Phi) is 4.28. The van der Waals surface area contributed by atoms with Crippen LogP contribution in [0.5, 0.6) is 0 Å². The average molecular weight is 341 g/mol. The first kappa shape index (κ1) is 16.6. The summed E-state index contributed by atoms with van der Waals surface area (Å²) >= 11 is 0. The summed E-state index contributed by atoms with van der Waals surface area (Å²) in [5.74, 6) is 0.484. The van der Waals surface area contributed by atoms with E-state index in [4.69, 9.17) is 11.5 Å². The van der Waals surface area contributed by atoms with Crippen molar-refractivity contribution < 1.29 is 9.59 Å². The van der Waals surface area contributed by atoms with Crippen LogP contribution in [-0.2, 0) is 16.0 Å². The summed E-state index contributed by atoms with van der Waals surface area (Å²) in [4.78, 5) is 27.0. The molecule has 3 unspecified atom stereocenters. The topological polar surface area (TPSA) is 89.4 Å². The van der Waals surface area contributed by atoms with Crippen LogP contribution in [0.25, 0.3) is 0 Å². The third-order valence-corrected chi connectivity index (χ3v) is 6.58. The number of rotatable bonds is 2. The predicted molar refractivity (Wildman–Crippen MR) is 96.7 cm³/mol. The van der Waals surface area contributed by atoms with Gasteiger partial charge in [-0.05, 0) is 55.6 Å². The maximum Gasteiger partial charge on any atom is 0.230 e. The molecule has 3 atom stereocenters. The maximum absolute atomic E-state index is 13.4. The number of para-hydroxylation sites is 1. The molecule has 1 heterocycles. The SMILES string of the molecule is NC(=O)C1Cc2ccccc2N(C(=O)C2CC3CCCC(C2)C3N)C1. The lowest BCUT2D eigenvalue weighted by Gasteiger charge is -2.45. The van der Waals surface area contributed by atoms with Gasteiger partial charge in [0.15, 0.2) is 0 Å². The Morgan fingerprint density at radius 1 is 1.04 bits per heavy atom. The minimum absolute atomic E-state index is 0.0229. The molecule has 1 aromatic carbocycles. The highest BCUT2D eigenvalue weighted by molar-refractivity contribution is 5.97. The molecule has 5 heteroatoms. The first-order valence-electron chi connectivity index (χ1n) is 9.48. The molecular formula is C20H27N3O2. The van der Waals surface area contributed by atoms with E-state index in [0.29, 0.717) is 24.8 Å². The highest BCUT2D eigenvalue weighted by atomic mass is 16.2. The normalized spacial score (nSPS) is 34.3. The van der Waals surface area contributed by atoms with Crippen molar-refractivity contribution in [1.82, 2.24) is 0 Å². The molecule has 1 aliphatic heterocycles. The van der Waals surface area contributed by atoms with Gasteiger partial charge in [-0.15, -0.1) is 0 Å². The predicted octanol–water partition coefficient (Wildman–Crippen LogP) is 1.83. The van der Waals surface area contributed by atoms with Crippen LogP contribution in [0.4, 0.5) is 5.69 Å². The lowest BCUT2D eigenvalue weighted by atomic mass is 9.64. The maximum atomic E-state index is 13.4. The molecule has 0 radical (unpaired) electrons. The van der Waals surface area contributed by atoms with Crippen LogP contribution in [-0.4, -0.2) is 24.4 Å². The number of nitrogens with zero attached hydrogens (tertiary/aromatic N) is 1. The van der Waals surface area contributed by atoms with Crippen molar-refractivity contribution in [2.24, 2.45) is 35.1 Å². The van der Waals surface area contributed by atoms with Crippen LogP contribution in [0.1, 0.15) is 37.7 Å². The smallest absolute Gasteiger partial charge is 0.230 e. The molecule has 3 aliphatic rings. The minimum Gasteiger partial charge on any atom is -0.369 e. The number of carbonyl (C=O) groups excluding carboxylic acids is 2. The zero-order valence-electron chi connectivity index (χ0n) is 14.6. The largest absolute Gasteiger partial charge is 0.369 e. The fourth-order valence-corrected chi connectivity index (χ4v) is 5.21. The number of nitrogens with two attached hydrogens (primary N) is 2. The molecule has 4 N–H and O–H groups in total. The molecule has 4 rings (SSSR count). The quantitative estimate of drug-likeness (QED) is 0.860. The van der Waals surface area contributed by atoms with Crippen LogP contribution in [0, 0.1) is 23.7 Å². The fourth-order valence-electron chi connectivity index (χ4n) is 5.21. The minimum atomic E-state index is -0.324. The van der Waals surface area contributed by atoms with E-state index in [-0.39, 0.29) is 29.7 Å². The monoisotopic (exact) mass is 341 g/mol. The van der Waals surface area contributed by atoms with E-state index < -0.39 is 0 Å². The van der Waals surface area contributed by atoms with Gasteiger partial charge < -0.3 is 16.4 Å². The first-order valence-corrected chi connectivity index (χ1v) is 9.48. The zero-order chi connectivity index (χ0) is 17.6. The first-order chi connectivity index (χ1) is 12.0. The van der Waals surface area contributed by atoms with Crippen LogP contribution >= 0.6 is 0 Å². The summed E-state index contributed by atoms with van der Waals surface area (Å²) in [6, 6.07) is 8.14. The Morgan fingerprint density at radius 3 is 2.40 bits per heavy atom. The van der Waals surface area contributed by atoms with Crippen molar-refractivity contribution >= 4 is 17.5 Å². The summed E-state index contributed by atoms with van der Waals surface area (Å²) in [6.07, 6.45) is 5.91. The van der Waals surface area contributed by atoms with E-state index in [2.05, 4.69) is 0 Å². The van der Waals surface area contributed by atoms with Gasteiger partial charge in [-0.2, -0.15) is 0 Å². The van der Waals surface area contributed by atoms with Gasteiger partial charge in [-0.25, -0.2) is 0 Å². The number of fused-ring (bicyclic) bond motifs is 3. The lowest BCUT2D eigenvalue weighted by Crippen LogP contribution is -2.52. The number of hydrogen-bond acceptors (Lipinski definition) is 3. The summed E-state index contributed by atoms with van der Waals surface area (Å²) in [7, 11) is 0. The van der Waals surface area contributed by atoms with Gasteiger partial charge in [0, 0.05) is 24.2 Å². The van der Waals surface area contributed by atoms with E-state index in [1.54, 1.807) is 0 Å². The highest BCUT2D eigenvalue weighted by Crippen LogP contribution is 2.43. The molecule has 2 amide bonds. The number of carbonyl (C=O) groups is 2. The number of hydrogen-bond donors (Lipinski definition) is 2. The molecule has 2 bridgehead atoms. The second kappa shape index (κ2) is 6.45. The second-order valence-corrected chi connectivity index (χ2v) is 8.08. The van der Waals surface area contributed by atoms with E-state index in [0.717, 1.165) is 36.9 Å². The zero-order valence-corrected chi connectivity index (χ0v) is 14.6. The Hall–Kier alpha value is -1.88. The summed E-state index contributed by atoms with van der Waals surface area (Å²) < 4.78 is 0. The van der Waals surface area contributed by atoms with E-state index in [1.165, 1.54) is 6.42 Å². The van der Waals surface area contributed by atoms with Gasteiger partial charge >= 0.3 is 0 Å². The molecule has 25 heavy (non-hydrogen) atoms.